The summed E-state index contributed by atoms with van der Waals surface area (Å²) >= 11 is 1.77. The molecular formula is C17H20FNS. The first-order valence-corrected chi connectivity index (χ1v) is 7.92. The summed E-state index contributed by atoms with van der Waals surface area (Å²) in [6.45, 7) is 3.09. The predicted molar refractivity (Wildman–Crippen MR) is 84.7 cm³/mol. The maximum absolute atomic E-state index is 12.9. The Kier molecular flexibility index (Phi) is 6.09. The van der Waals surface area contributed by atoms with Gasteiger partial charge in [-0.15, -0.1) is 11.8 Å². The molecule has 20 heavy (non-hydrogen) atoms. The third kappa shape index (κ3) is 4.99. The van der Waals surface area contributed by atoms with Gasteiger partial charge in [-0.25, -0.2) is 4.39 Å². The molecule has 1 nitrogen and oxygen atoms in total. The number of halogens is 1. The van der Waals surface area contributed by atoms with Gasteiger partial charge in [-0.05, 0) is 42.8 Å². The fraction of sp³-hybridized carbons (Fsp3) is 0.294. The fourth-order valence-corrected chi connectivity index (χ4v) is 3.06. The molecule has 3 heteroatoms. The summed E-state index contributed by atoms with van der Waals surface area (Å²) < 4.78 is 12.9. The first-order chi connectivity index (χ1) is 9.78. The molecule has 0 saturated carbocycles. The molecule has 2 aromatic rings. The van der Waals surface area contributed by atoms with E-state index < -0.39 is 0 Å². The van der Waals surface area contributed by atoms with Crippen LogP contribution in [0.4, 0.5) is 4.39 Å². The molecule has 2 rings (SSSR count). The van der Waals surface area contributed by atoms with E-state index in [1.807, 2.05) is 18.2 Å². The standard InChI is InChI=1S/C17H20FNS/c1-2-19-16(12-14-6-4-3-5-7-14)13-20-17-10-8-15(18)9-11-17/h3-11,16,19H,2,12-13H2,1H3. The first kappa shape index (κ1) is 15.1. The zero-order valence-electron chi connectivity index (χ0n) is 11.7. The second-order valence-electron chi connectivity index (χ2n) is 4.71. The summed E-state index contributed by atoms with van der Waals surface area (Å²) in [5.74, 6) is 0.802. The molecule has 0 aliphatic rings. The molecule has 0 fully saturated rings. The minimum Gasteiger partial charge on any atom is -0.313 e. The van der Waals surface area contributed by atoms with Crippen LogP contribution in [0.1, 0.15) is 12.5 Å². The van der Waals surface area contributed by atoms with Crippen molar-refractivity contribution in [2.24, 2.45) is 0 Å². The molecule has 0 spiro atoms. The van der Waals surface area contributed by atoms with Gasteiger partial charge >= 0.3 is 0 Å². The molecule has 0 heterocycles. The van der Waals surface area contributed by atoms with Gasteiger partial charge in [0.15, 0.2) is 0 Å². The van der Waals surface area contributed by atoms with E-state index in [2.05, 4.69) is 36.5 Å². The van der Waals surface area contributed by atoms with Crippen LogP contribution in [0.2, 0.25) is 0 Å². The van der Waals surface area contributed by atoms with Crippen LogP contribution in [0.5, 0.6) is 0 Å². The van der Waals surface area contributed by atoms with Gasteiger partial charge in [0.1, 0.15) is 5.82 Å². The Balaban J connectivity index is 1.90. The summed E-state index contributed by atoms with van der Waals surface area (Å²) in [5.41, 5.74) is 1.35. The average Bonchev–Trinajstić information content (AvgIpc) is 2.48. The van der Waals surface area contributed by atoms with Gasteiger partial charge in [-0.1, -0.05) is 37.3 Å². The number of hydrogen-bond donors (Lipinski definition) is 1. The molecule has 1 unspecified atom stereocenters. The van der Waals surface area contributed by atoms with Crippen molar-refractivity contribution in [3.05, 3.63) is 66.0 Å². The summed E-state index contributed by atoms with van der Waals surface area (Å²) in [6, 6.07) is 17.6. The molecule has 0 amide bonds. The number of nitrogens with one attached hydrogen (secondary N) is 1. The lowest BCUT2D eigenvalue weighted by atomic mass is 10.1. The van der Waals surface area contributed by atoms with E-state index in [0.717, 1.165) is 23.6 Å². The minimum absolute atomic E-state index is 0.179. The summed E-state index contributed by atoms with van der Waals surface area (Å²) in [4.78, 5) is 1.11. The molecule has 0 aliphatic heterocycles. The third-order valence-electron chi connectivity index (χ3n) is 3.08. The van der Waals surface area contributed by atoms with Gasteiger partial charge in [-0.3, -0.25) is 0 Å². The zero-order chi connectivity index (χ0) is 14.2. The van der Waals surface area contributed by atoms with Crippen LogP contribution in [0.25, 0.3) is 0 Å². The molecule has 2 aromatic carbocycles. The number of hydrogen-bond acceptors (Lipinski definition) is 2. The molecule has 1 atom stereocenters. The molecule has 0 bridgehead atoms. The predicted octanol–water partition coefficient (Wildman–Crippen LogP) is 4.14. The van der Waals surface area contributed by atoms with Gasteiger partial charge in [0.2, 0.25) is 0 Å². The second-order valence-corrected chi connectivity index (χ2v) is 5.80. The topological polar surface area (TPSA) is 12.0 Å². The van der Waals surface area contributed by atoms with Gasteiger partial charge in [0, 0.05) is 16.7 Å². The van der Waals surface area contributed by atoms with E-state index >= 15 is 0 Å². The largest absolute Gasteiger partial charge is 0.313 e. The molecule has 1 N–H and O–H groups in total. The lowest BCUT2D eigenvalue weighted by Crippen LogP contribution is -2.33. The quantitative estimate of drug-likeness (QED) is 0.769. The van der Waals surface area contributed by atoms with Gasteiger partial charge in [-0.2, -0.15) is 0 Å². The van der Waals surface area contributed by atoms with E-state index in [-0.39, 0.29) is 5.82 Å². The SMILES string of the molecule is CCNC(CSc1ccc(F)cc1)Cc1ccccc1. The van der Waals surface area contributed by atoms with E-state index in [9.17, 15) is 4.39 Å². The van der Waals surface area contributed by atoms with Crippen LogP contribution in [0, 0.1) is 5.82 Å². The number of likely N-dealkylation sites (N-methyl/N-ethyl adjacent to an activating group) is 1. The Morgan fingerprint density at radius 1 is 1.05 bits per heavy atom. The number of thioether (sulfide) groups is 1. The van der Waals surface area contributed by atoms with Crippen LogP contribution >= 0.6 is 11.8 Å². The van der Waals surface area contributed by atoms with Crippen LogP contribution in [0.3, 0.4) is 0 Å². The summed E-state index contributed by atoms with van der Waals surface area (Å²) in [6.07, 6.45) is 1.02. The van der Waals surface area contributed by atoms with Crippen molar-refractivity contribution in [1.29, 1.82) is 0 Å². The van der Waals surface area contributed by atoms with Crippen molar-refractivity contribution in [2.45, 2.75) is 24.3 Å². The van der Waals surface area contributed by atoms with Crippen molar-refractivity contribution in [1.82, 2.24) is 5.32 Å². The zero-order valence-corrected chi connectivity index (χ0v) is 12.5. The van der Waals surface area contributed by atoms with Gasteiger partial charge in [0.25, 0.3) is 0 Å². The highest BCUT2D eigenvalue weighted by atomic mass is 32.2. The molecule has 0 radical (unpaired) electrons. The third-order valence-corrected chi connectivity index (χ3v) is 4.26. The fourth-order valence-electron chi connectivity index (χ4n) is 2.10. The van der Waals surface area contributed by atoms with Crippen molar-refractivity contribution >= 4 is 11.8 Å². The average molecular weight is 289 g/mol. The maximum atomic E-state index is 12.9. The Bertz CT molecular complexity index is 498. The Labute approximate surface area is 124 Å². The van der Waals surface area contributed by atoms with E-state index in [0.29, 0.717) is 6.04 Å². The number of benzene rings is 2. The normalized spacial score (nSPS) is 12.3. The highest BCUT2D eigenvalue weighted by Gasteiger charge is 2.09. The van der Waals surface area contributed by atoms with E-state index in [1.54, 1.807) is 11.8 Å². The molecule has 0 saturated heterocycles. The van der Waals surface area contributed by atoms with Crippen LogP contribution in [-0.2, 0) is 6.42 Å². The summed E-state index contributed by atoms with van der Waals surface area (Å²) in [7, 11) is 0. The molecule has 0 aliphatic carbocycles. The summed E-state index contributed by atoms with van der Waals surface area (Å²) in [5, 5.41) is 3.52. The molecule has 0 aromatic heterocycles. The smallest absolute Gasteiger partial charge is 0.123 e. The highest BCUT2D eigenvalue weighted by Crippen LogP contribution is 2.20. The Morgan fingerprint density at radius 3 is 2.40 bits per heavy atom. The highest BCUT2D eigenvalue weighted by molar-refractivity contribution is 7.99. The molecule has 106 valence electrons. The Hall–Kier alpha value is -1.32. The van der Waals surface area contributed by atoms with Crippen LogP contribution < -0.4 is 5.32 Å². The van der Waals surface area contributed by atoms with Crippen molar-refractivity contribution in [2.75, 3.05) is 12.3 Å². The minimum atomic E-state index is -0.179. The lowest BCUT2D eigenvalue weighted by Gasteiger charge is -2.17. The van der Waals surface area contributed by atoms with Gasteiger partial charge < -0.3 is 5.32 Å². The second kappa shape index (κ2) is 8.08. The van der Waals surface area contributed by atoms with Crippen LogP contribution in [-0.4, -0.2) is 18.3 Å². The number of rotatable bonds is 7. The van der Waals surface area contributed by atoms with E-state index in [4.69, 9.17) is 0 Å². The van der Waals surface area contributed by atoms with Crippen molar-refractivity contribution < 1.29 is 4.39 Å². The van der Waals surface area contributed by atoms with Crippen molar-refractivity contribution in [3.8, 4) is 0 Å². The molecular weight excluding hydrogens is 269 g/mol. The monoisotopic (exact) mass is 289 g/mol. The first-order valence-electron chi connectivity index (χ1n) is 6.93. The maximum Gasteiger partial charge on any atom is 0.123 e. The lowest BCUT2D eigenvalue weighted by molar-refractivity contribution is 0.572. The van der Waals surface area contributed by atoms with Crippen molar-refractivity contribution in [3.63, 3.8) is 0 Å². The van der Waals surface area contributed by atoms with Crippen LogP contribution in [0.15, 0.2) is 59.5 Å². The Morgan fingerprint density at radius 2 is 1.75 bits per heavy atom. The van der Waals surface area contributed by atoms with E-state index in [1.165, 1.54) is 17.7 Å². The van der Waals surface area contributed by atoms with Gasteiger partial charge in [0.05, 0.1) is 0 Å².